The van der Waals surface area contributed by atoms with Gasteiger partial charge in [0.15, 0.2) is 12.4 Å². The first kappa shape index (κ1) is 23.4. The highest BCUT2D eigenvalue weighted by atomic mass is 35.5. The number of anilines is 1. The number of amides is 1. The van der Waals surface area contributed by atoms with Crippen molar-refractivity contribution in [2.75, 3.05) is 11.9 Å². The maximum absolute atomic E-state index is 12.7. The van der Waals surface area contributed by atoms with Gasteiger partial charge in [-0.3, -0.25) is 14.6 Å². The third-order valence-electron chi connectivity index (χ3n) is 5.00. The average Bonchev–Trinajstić information content (AvgIpc) is 3.54. The molecule has 0 saturated heterocycles. The van der Waals surface area contributed by atoms with Crippen molar-refractivity contribution in [2.24, 2.45) is 0 Å². The fraction of sp³-hybridized carbons (Fsp3) is 0.0400. The number of rotatable bonds is 7. The summed E-state index contributed by atoms with van der Waals surface area (Å²) in [6.45, 7) is -0.337. The second-order valence-electron chi connectivity index (χ2n) is 7.54. The lowest BCUT2D eigenvalue weighted by atomic mass is 10.1. The Labute approximate surface area is 214 Å². The Bertz CT molecular complexity index is 1580. The summed E-state index contributed by atoms with van der Waals surface area (Å²) in [7, 11) is 0. The second kappa shape index (κ2) is 10.1. The van der Waals surface area contributed by atoms with Crippen LogP contribution in [0.25, 0.3) is 28.7 Å². The van der Waals surface area contributed by atoms with Crippen LogP contribution in [-0.2, 0) is 4.79 Å². The molecule has 3 heterocycles. The summed E-state index contributed by atoms with van der Waals surface area (Å²) >= 11 is 12.0. The van der Waals surface area contributed by atoms with E-state index in [0.29, 0.717) is 27.9 Å². The van der Waals surface area contributed by atoms with E-state index < -0.39 is 5.91 Å². The molecular weight excluding hydrogens is 505 g/mol. The number of carbonyl (C=O) groups is 1. The second-order valence-corrected chi connectivity index (χ2v) is 8.38. The largest absolute Gasteiger partial charge is 0.482 e. The van der Waals surface area contributed by atoms with E-state index >= 15 is 0 Å². The van der Waals surface area contributed by atoms with Gasteiger partial charge in [0.2, 0.25) is 5.95 Å². The molecule has 0 fully saturated rings. The highest BCUT2D eigenvalue weighted by Gasteiger charge is 2.18. The van der Waals surface area contributed by atoms with Crippen molar-refractivity contribution in [1.82, 2.24) is 19.7 Å². The summed E-state index contributed by atoms with van der Waals surface area (Å²) in [4.78, 5) is 32.4. The van der Waals surface area contributed by atoms with Crippen molar-refractivity contribution in [2.45, 2.75) is 0 Å². The Morgan fingerprint density at radius 2 is 1.86 bits per heavy atom. The standard InChI is InChI=1S/C25H17Cl2N5O4/c26-16-8-9-20(17(27)11-16)36-14-24(34)29-22-12-19(21-7-4-10-35-21)31-32(22)25-28-18(13-23(33)30-25)15-5-2-1-3-6-15/h1-13H,14H2,(H,29,34)(H,28,30,33). The van der Waals surface area contributed by atoms with Crippen LogP contribution in [0.2, 0.25) is 10.0 Å². The van der Waals surface area contributed by atoms with Crippen LogP contribution < -0.4 is 15.6 Å². The summed E-state index contributed by atoms with van der Waals surface area (Å²) in [5.41, 5.74) is 1.24. The number of benzene rings is 2. The van der Waals surface area contributed by atoms with Gasteiger partial charge in [0, 0.05) is 22.7 Å². The van der Waals surface area contributed by atoms with Crippen LogP contribution in [0.3, 0.4) is 0 Å². The van der Waals surface area contributed by atoms with E-state index in [1.165, 1.54) is 23.1 Å². The fourth-order valence-corrected chi connectivity index (χ4v) is 3.86. The molecule has 0 unspecified atom stereocenters. The lowest BCUT2D eigenvalue weighted by molar-refractivity contribution is -0.118. The smallest absolute Gasteiger partial charge is 0.263 e. The zero-order chi connectivity index (χ0) is 25.1. The number of nitrogens with zero attached hydrogens (tertiary/aromatic N) is 3. The Hall–Kier alpha value is -4.34. The van der Waals surface area contributed by atoms with Gasteiger partial charge in [-0.15, -0.1) is 0 Å². The van der Waals surface area contributed by atoms with Gasteiger partial charge in [-0.05, 0) is 30.3 Å². The Balaban J connectivity index is 1.46. The SMILES string of the molecule is O=C(COc1ccc(Cl)cc1Cl)Nc1cc(-c2ccco2)nn1-c1nc(-c2ccccc2)cc(=O)[nH]1. The molecule has 0 atom stereocenters. The van der Waals surface area contributed by atoms with Gasteiger partial charge in [0.25, 0.3) is 11.5 Å². The number of halogens is 2. The zero-order valence-electron chi connectivity index (χ0n) is 18.4. The highest BCUT2D eigenvalue weighted by molar-refractivity contribution is 6.35. The van der Waals surface area contributed by atoms with Gasteiger partial charge in [-0.2, -0.15) is 9.78 Å². The molecule has 9 nitrogen and oxygen atoms in total. The number of aromatic amines is 1. The van der Waals surface area contributed by atoms with Crippen LogP contribution >= 0.6 is 23.2 Å². The van der Waals surface area contributed by atoms with E-state index in [0.717, 1.165) is 5.56 Å². The first-order valence-corrected chi connectivity index (χ1v) is 11.4. The van der Waals surface area contributed by atoms with Gasteiger partial charge in [-0.1, -0.05) is 53.5 Å². The van der Waals surface area contributed by atoms with E-state index in [4.69, 9.17) is 32.4 Å². The molecule has 180 valence electrons. The molecule has 0 aliphatic rings. The summed E-state index contributed by atoms with van der Waals surface area (Å²) in [6, 6.07) is 20.4. The summed E-state index contributed by atoms with van der Waals surface area (Å²) in [5, 5.41) is 7.95. The highest BCUT2D eigenvalue weighted by Crippen LogP contribution is 2.28. The number of carbonyl (C=O) groups excluding carboxylic acids is 1. The minimum Gasteiger partial charge on any atom is -0.482 e. The van der Waals surface area contributed by atoms with Crippen LogP contribution in [0.15, 0.2) is 88.3 Å². The predicted octanol–water partition coefficient (Wildman–Crippen LogP) is 5.21. The van der Waals surface area contributed by atoms with Crippen molar-refractivity contribution >= 4 is 34.9 Å². The third kappa shape index (κ3) is 5.17. The van der Waals surface area contributed by atoms with Gasteiger partial charge in [0.1, 0.15) is 17.3 Å². The molecule has 11 heteroatoms. The Morgan fingerprint density at radius 3 is 2.61 bits per heavy atom. The summed E-state index contributed by atoms with van der Waals surface area (Å²) < 4.78 is 12.3. The van der Waals surface area contributed by atoms with E-state index in [1.54, 1.807) is 30.3 Å². The Kier molecular flexibility index (Phi) is 6.57. The summed E-state index contributed by atoms with van der Waals surface area (Å²) in [6.07, 6.45) is 1.51. The maximum atomic E-state index is 12.7. The van der Waals surface area contributed by atoms with Gasteiger partial charge in [-0.25, -0.2) is 4.98 Å². The number of hydrogen-bond donors (Lipinski definition) is 2. The van der Waals surface area contributed by atoms with E-state index in [-0.39, 0.29) is 29.0 Å². The quantitative estimate of drug-likeness (QED) is 0.304. The monoisotopic (exact) mass is 521 g/mol. The molecule has 1 amide bonds. The minimum absolute atomic E-state index is 0.108. The van der Waals surface area contributed by atoms with Crippen molar-refractivity contribution in [1.29, 1.82) is 0 Å². The van der Waals surface area contributed by atoms with Crippen LogP contribution in [0.4, 0.5) is 5.82 Å². The van der Waals surface area contributed by atoms with Crippen molar-refractivity contribution < 1.29 is 13.9 Å². The number of furan rings is 1. The molecule has 36 heavy (non-hydrogen) atoms. The molecule has 0 aliphatic carbocycles. The minimum atomic E-state index is -0.491. The number of hydrogen-bond acceptors (Lipinski definition) is 6. The van der Waals surface area contributed by atoms with E-state index in [2.05, 4.69) is 20.4 Å². The molecule has 5 rings (SSSR count). The van der Waals surface area contributed by atoms with E-state index in [1.807, 2.05) is 30.3 Å². The molecule has 5 aromatic rings. The molecule has 2 N–H and O–H groups in total. The van der Waals surface area contributed by atoms with Crippen molar-refractivity contribution in [3.8, 4) is 34.4 Å². The molecule has 3 aromatic heterocycles. The first-order chi connectivity index (χ1) is 17.5. The average molecular weight is 522 g/mol. The third-order valence-corrected chi connectivity index (χ3v) is 5.53. The first-order valence-electron chi connectivity index (χ1n) is 10.6. The molecular formula is C25H17Cl2N5O4. The van der Waals surface area contributed by atoms with Crippen LogP contribution in [0.5, 0.6) is 5.75 Å². The van der Waals surface area contributed by atoms with Gasteiger partial charge < -0.3 is 14.5 Å². The molecule has 0 radical (unpaired) electrons. The lowest BCUT2D eigenvalue weighted by Crippen LogP contribution is -2.23. The normalized spacial score (nSPS) is 10.8. The van der Waals surface area contributed by atoms with Crippen LogP contribution in [0.1, 0.15) is 0 Å². The maximum Gasteiger partial charge on any atom is 0.263 e. The van der Waals surface area contributed by atoms with Crippen molar-refractivity contribution in [3.63, 3.8) is 0 Å². The molecule has 0 aliphatic heterocycles. The van der Waals surface area contributed by atoms with Gasteiger partial charge >= 0.3 is 0 Å². The number of ether oxygens (including phenoxy) is 1. The number of H-pyrrole nitrogens is 1. The molecule has 0 spiro atoms. The lowest BCUT2D eigenvalue weighted by Gasteiger charge is -2.11. The predicted molar refractivity (Wildman–Crippen MR) is 136 cm³/mol. The van der Waals surface area contributed by atoms with Crippen molar-refractivity contribution in [3.05, 3.63) is 99.5 Å². The summed E-state index contributed by atoms with van der Waals surface area (Å²) in [5.74, 6) is 0.633. The van der Waals surface area contributed by atoms with Crippen LogP contribution in [-0.4, -0.2) is 32.3 Å². The number of aromatic nitrogens is 4. The fourth-order valence-electron chi connectivity index (χ4n) is 3.39. The van der Waals surface area contributed by atoms with E-state index in [9.17, 15) is 9.59 Å². The number of nitrogens with one attached hydrogen (secondary N) is 2. The zero-order valence-corrected chi connectivity index (χ0v) is 20.0. The molecule has 2 aromatic carbocycles. The Morgan fingerprint density at radius 1 is 1.03 bits per heavy atom. The van der Waals surface area contributed by atoms with Gasteiger partial charge in [0.05, 0.1) is 17.0 Å². The molecule has 0 saturated carbocycles. The topological polar surface area (TPSA) is 115 Å². The van der Waals surface area contributed by atoms with Crippen LogP contribution in [0, 0.1) is 0 Å². The molecule has 0 bridgehead atoms.